The van der Waals surface area contributed by atoms with E-state index in [-0.39, 0.29) is 12.6 Å². The third-order valence-corrected chi connectivity index (χ3v) is 3.79. The first-order chi connectivity index (χ1) is 10.2. The Morgan fingerprint density at radius 1 is 1.19 bits per heavy atom. The van der Waals surface area contributed by atoms with Crippen LogP contribution in [0.4, 0.5) is 4.79 Å². The van der Waals surface area contributed by atoms with Gasteiger partial charge in [0.2, 0.25) is 0 Å². The molecule has 1 aliphatic carbocycles. The van der Waals surface area contributed by atoms with E-state index in [1.165, 1.54) is 11.3 Å². The SMILES string of the molecule is COc1ccc(OC(=O)N(CC=O)C2CCCCC2)cc1. The van der Waals surface area contributed by atoms with E-state index in [1.54, 1.807) is 31.4 Å². The maximum absolute atomic E-state index is 12.3. The summed E-state index contributed by atoms with van der Waals surface area (Å²) < 4.78 is 10.4. The van der Waals surface area contributed by atoms with Crippen LogP contribution in [0.5, 0.6) is 11.5 Å². The van der Waals surface area contributed by atoms with Gasteiger partial charge in [-0.15, -0.1) is 0 Å². The van der Waals surface area contributed by atoms with Crippen molar-refractivity contribution in [2.75, 3.05) is 13.7 Å². The Bertz CT molecular complexity index is 466. The number of amides is 1. The van der Waals surface area contributed by atoms with Crippen LogP contribution in [0.25, 0.3) is 0 Å². The summed E-state index contributed by atoms with van der Waals surface area (Å²) in [4.78, 5) is 24.6. The summed E-state index contributed by atoms with van der Waals surface area (Å²) in [6.07, 6.45) is 5.55. The van der Waals surface area contributed by atoms with Gasteiger partial charge in [-0.25, -0.2) is 4.79 Å². The molecular formula is C16H21NO4. The maximum atomic E-state index is 12.3. The van der Waals surface area contributed by atoms with Crippen LogP contribution in [0.2, 0.25) is 0 Å². The zero-order valence-corrected chi connectivity index (χ0v) is 12.3. The van der Waals surface area contributed by atoms with Crippen molar-refractivity contribution in [3.8, 4) is 11.5 Å². The molecule has 0 saturated heterocycles. The second kappa shape index (κ2) is 7.67. The molecule has 0 spiro atoms. The summed E-state index contributed by atoms with van der Waals surface area (Å²) in [6.45, 7) is 0.0830. The predicted octanol–water partition coefficient (Wildman–Crippen LogP) is 3.03. The minimum Gasteiger partial charge on any atom is -0.497 e. The number of methoxy groups -OCH3 is 1. The van der Waals surface area contributed by atoms with Crippen LogP contribution in [-0.2, 0) is 4.79 Å². The number of aldehydes is 1. The molecule has 0 N–H and O–H groups in total. The summed E-state index contributed by atoms with van der Waals surface area (Å²) in [5.74, 6) is 1.15. The van der Waals surface area contributed by atoms with Crippen molar-refractivity contribution < 1.29 is 19.1 Å². The van der Waals surface area contributed by atoms with Crippen LogP contribution in [0, 0.1) is 0 Å². The zero-order chi connectivity index (χ0) is 15.1. The van der Waals surface area contributed by atoms with E-state index >= 15 is 0 Å². The van der Waals surface area contributed by atoms with E-state index in [0.29, 0.717) is 11.5 Å². The number of hydrogen-bond acceptors (Lipinski definition) is 4. The van der Waals surface area contributed by atoms with Gasteiger partial charge in [0.25, 0.3) is 0 Å². The monoisotopic (exact) mass is 291 g/mol. The van der Waals surface area contributed by atoms with Gasteiger partial charge in [0.05, 0.1) is 13.7 Å². The second-order valence-corrected chi connectivity index (χ2v) is 5.15. The molecule has 1 saturated carbocycles. The molecule has 1 aliphatic rings. The molecule has 0 radical (unpaired) electrons. The number of nitrogens with zero attached hydrogens (tertiary/aromatic N) is 1. The molecule has 0 unspecified atom stereocenters. The Morgan fingerprint density at radius 3 is 2.38 bits per heavy atom. The van der Waals surface area contributed by atoms with Crippen molar-refractivity contribution >= 4 is 12.4 Å². The first-order valence-corrected chi connectivity index (χ1v) is 7.30. The highest BCUT2D eigenvalue weighted by molar-refractivity contribution is 5.74. The Labute approximate surface area is 124 Å². The molecule has 5 heteroatoms. The summed E-state index contributed by atoms with van der Waals surface area (Å²) >= 11 is 0. The van der Waals surface area contributed by atoms with Gasteiger partial charge in [0.15, 0.2) is 0 Å². The normalized spacial score (nSPS) is 15.3. The maximum Gasteiger partial charge on any atom is 0.415 e. The summed E-state index contributed by atoms with van der Waals surface area (Å²) in [7, 11) is 1.58. The molecule has 2 rings (SSSR count). The lowest BCUT2D eigenvalue weighted by Crippen LogP contribution is -2.44. The highest BCUT2D eigenvalue weighted by Gasteiger charge is 2.26. The minimum absolute atomic E-state index is 0.0830. The van der Waals surface area contributed by atoms with Crippen molar-refractivity contribution in [1.82, 2.24) is 4.90 Å². The molecular weight excluding hydrogens is 270 g/mol. The fraction of sp³-hybridized carbons (Fsp3) is 0.500. The van der Waals surface area contributed by atoms with Gasteiger partial charge >= 0.3 is 6.09 Å². The first kappa shape index (κ1) is 15.4. The van der Waals surface area contributed by atoms with E-state index < -0.39 is 6.09 Å². The van der Waals surface area contributed by atoms with E-state index in [9.17, 15) is 9.59 Å². The molecule has 5 nitrogen and oxygen atoms in total. The van der Waals surface area contributed by atoms with Crippen LogP contribution in [0.1, 0.15) is 32.1 Å². The van der Waals surface area contributed by atoms with E-state index in [4.69, 9.17) is 9.47 Å². The van der Waals surface area contributed by atoms with Gasteiger partial charge in [-0.1, -0.05) is 19.3 Å². The average Bonchev–Trinajstić information content (AvgIpc) is 2.54. The fourth-order valence-electron chi connectivity index (χ4n) is 2.65. The predicted molar refractivity (Wildman–Crippen MR) is 78.7 cm³/mol. The number of rotatable bonds is 5. The number of carbonyl (C=O) groups excluding carboxylic acids is 2. The second-order valence-electron chi connectivity index (χ2n) is 5.15. The smallest absolute Gasteiger partial charge is 0.415 e. The van der Waals surface area contributed by atoms with Gasteiger partial charge in [0.1, 0.15) is 17.8 Å². The van der Waals surface area contributed by atoms with Crippen molar-refractivity contribution in [3.63, 3.8) is 0 Å². The number of ether oxygens (including phenoxy) is 2. The van der Waals surface area contributed by atoms with Crippen molar-refractivity contribution in [2.24, 2.45) is 0 Å². The first-order valence-electron chi connectivity index (χ1n) is 7.30. The zero-order valence-electron chi connectivity index (χ0n) is 12.3. The molecule has 1 fully saturated rings. The lowest BCUT2D eigenvalue weighted by Gasteiger charge is -2.32. The van der Waals surface area contributed by atoms with E-state index in [1.807, 2.05) is 0 Å². The van der Waals surface area contributed by atoms with Crippen molar-refractivity contribution in [3.05, 3.63) is 24.3 Å². The highest BCUT2D eigenvalue weighted by Crippen LogP contribution is 2.24. The largest absolute Gasteiger partial charge is 0.497 e. The topological polar surface area (TPSA) is 55.8 Å². The molecule has 0 heterocycles. The van der Waals surface area contributed by atoms with Gasteiger partial charge in [-0.3, -0.25) is 4.90 Å². The van der Waals surface area contributed by atoms with Gasteiger partial charge in [0, 0.05) is 6.04 Å². The van der Waals surface area contributed by atoms with Crippen molar-refractivity contribution in [2.45, 2.75) is 38.1 Å². The Kier molecular flexibility index (Phi) is 5.60. The van der Waals surface area contributed by atoms with Crippen LogP contribution in [0.15, 0.2) is 24.3 Å². The molecule has 0 bridgehead atoms. The molecule has 1 aromatic rings. The molecule has 1 aromatic carbocycles. The van der Waals surface area contributed by atoms with Crippen LogP contribution < -0.4 is 9.47 Å². The molecule has 1 amide bonds. The van der Waals surface area contributed by atoms with Crippen LogP contribution in [0.3, 0.4) is 0 Å². The molecule has 114 valence electrons. The van der Waals surface area contributed by atoms with Crippen LogP contribution >= 0.6 is 0 Å². The fourth-order valence-corrected chi connectivity index (χ4v) is 2.65. The van der Waals surface area contributed by atoms with E-state index in [2.05, 4.69) is 0 Å². The summed E-state index contributed by atoms with van der Waals surface area (Å²) in [5.41, 5.74) is 0. The number of carbonyl (C=O) groups is 2. The molecule has 21 heavy (non-hydrogen) atoms. The Hall–Kier alpha value is -2.04. The van der Waals surface area contributed by atoms with Gasteiger partial charge in [-0.05, 0) is 37.1 Å². The average molecular weight is 291 g/mol. The third kappa shape index (κ3) is 4.21. The van der Waals surface area contributed by atoms with Gasteiger partial charge in [-0.2, -0.15) is 0 Å². The highest BCUT2D eigenvalue weighted by atomic mass is 16.6. The van der Waals surface area contributed by atoms with E-state index in [0.717, 1.165) is 32.0 Å². The Balaban J connectivity index is 2.01. The minimum atomic E-state index is -0.459. The summed E-state index contributed by atoms with van der Waals surface area (Å²) in [5, 5.41) is 0. The van der Waals surface area contributed by atoms with Crippen LogP contribution in [-0.4, -0.2) is 37.0 Å². The lowest BCUT2D eigenvalue weighted by molar-refractivity contribution is -0.109. The summed E-state index contributed by atoms with van der Waals surface area (Å²) in [6, 6.07) is 6.92. The lowest BCUT2D eigenvalue weighted by atomic mass is 9.94. The molecule has 0 aromatic heterocycles. The standard InChI is InChI=1S/C16H21NO4/c1-20-14-7-9-15(10-8-14)21-16(19)17(11-12-18)13-5-3-2-4-6-13/h7-10,12-13H,2-6,11H2,1H3. The number of benzene rings is 1. The quantitative estimate of drug-likeness (QED) is 0.782. The molecule has 0 atom stereocenters. The van der Waals surface area contributed by atoms with Crippen molar-refractivity contribution in [1.29, 1.82) is 0 Å². The number of hydrogen-bond donors (Lipinski definition) is 0. The third-order valence-electron chi connectivity index (χ3n) is 3.79. The molecule has 0 aliphatic heterocycles. The van der Waals surface area contributed by atoms with Gasteiger partial charge < -0.3 is 14.3 Å². The Morgan fingerprint density at radius 2 is 1.81 bits per heavy atom.